The lowest BCUT2D eigenvalue weighted by Gasteiger charge is -2.28. The van der Waals surface area contributed by atoms with E-state index in [-0.39, 0.29) is 28.7 Å². The number of carbonyl (C=O) groups is 1. The fourth-order valence-electron chi connectivity index (χ4n) is 2.62. The van der Waals surface area contributed by atoms with Gasteiger partial charge >= 0.3 is 16.1 Å². The smallest absolute Gasteiger partial charge is 0.305 e. The number of unbranched alkanes of at least 4 members (excludes halogenated alkanes) is 1. The number of likely N-dealkylation sites (N-methyl/N-ethyl adjacent to an activating group) is 1. The summed E-state index contributed by atoms with van der Waals surface area (Å²) in [5.74, 6) is 1.05. The Morgan fingerprint density at radius 1 is 1.21 bits per heavy atom. The molecule has 0 spiro atoms. The van der Waals surface area contributed by atoms with Crippen LogP contribution in [0.2, 0.25) is 0 Å². The van der Waals surface area contributed by atoms with Gasteiger partial charge in [-0.2, -0.15) is 8.42 Å². The predicted molar refractivity (Wildman–Crippen MR) is 114 cm³/mol. The molecular weight excluding hydrogens is 418 g/mol. The van der Waals surface area contributed by atoms with Crippen LogP contribution in [0.3, 0.4) is 0 Å². The fourth-order valence-corrected chi connectivity index (χ4v) is 6.69. The fraction of sp³-hybridized carbons (Fsp3) is 0.632. The molecule has 1 saturated heterocycles. The Morgan fingerprint density at radius 2 is 1.96 bits per heavy atom. The number of carbonyl (C=O) groups excluding carboxylic acids is 1. The zero-order valence-electron chi connectivity index (χ0n) is 16.5. The van der Waals surface area contributed by atoms with Gasteiger partial charge in [0.15, 0.2) is 0 Å². The highest BCUT2D eigenvalue weighted by Gasteiger charge is 2.23. The van der Waals surface area contributed by atoms with Crippen molar-refractivity contribution >= 4 is 37.7 Å². The standard InChI is InChI=1S/C19H30NO5S3/c1-20(2,16-25-28(22,23)18-9-4-3-5-10-18)13-14-24-19(21)11-7-6-8-17-12-15-26-27-17/h3-5,9-10,17H,6-8,11-16H2,1-2H3/q+1/t17-/m1/s1. The lowest BCUT2D eigenvalue weighted by Crippen LogP contribution is -2.44. The summed E-state index contributed by atoms with van der Waals surface area (Å²) in [6, 6.07) is 8.06. The average molecular weight is 449 g/mol. The van der Waals surface area contributed by atoms with Crippen molar-refractivity contribution in [3.8, 4) is 0 Å². The monoisotopic (exact) mass is 448 g/mol. The third kappa shape index (κ3) is 8.73. The molecule has 0 amide bonds. The summed E-state index contributed by atoms with van der Waals surface area (Å²) in [5.41, 5.74) is 0. The minimum Gasteiger partial charge on any atom is -0.460 e. The molecule has 1 atom stereocenters. The van der Waals surface area contributed by atoms with Crippen LogP contribution < -0.4 is 0 Å². The van der Waals surface area contributed by atoms with Crippen LogP contribution in [-0.2, 0) is 23.8 Å². The van der Waals surface area contributed by atoms with Crippen LogP contribution in [0, 0.1) is 0 Å². The summed E-state index contributed by atoms with van der Waals surface area (Å²) in [6.45, 7) is 0.702. The molecule has 1 aliphatic rings. The third-order valence-electron chi connectivity index (χ3n) is 4.43. The first-order valence-electron chi connectivity index (χ1n) is 9.49. The number of ether oxygens (including phenoxy) is 1. The molecule has 158 valence electrons. The van der Waals surface area contributed by atoms with E-state index < -0.39 is 10.1 Å². The first-order chi connectivity index (χ1) is 13.3. The van der Waals surface area contributed by atoms with Crippen LogP contribution in [0.1, 0.15) is 32.1 Å². The number of rotatable bonds is 12. The lowest BCUT2D eigenvalue weighted by atomic mass is 10.1. The van der Waals surface area contributed by atoms with E-state index in [1.54, 1.807) is 18.2 Å². The molecule has 0 unspecified atom stereocenters. The van der Waals surface area contributed by atoms with Crippen molar-refractivity contribution in [2.75, 3.05) is 39.7 Å². The van der Waals surface area contributed by atoms with Crippen LogP contribution in [0.5, 0.6) is 0 Å². The number of benzene rings is 1. The maximum absolute atomic E-state index is 12.2. The van der Waals surface area contributed by atoms with Gasteiger partial charge in [0.1, 0.15) is 13.2 Å². The molecule has 2 rings (SSSR count). The Labute approximate surface area is 176 Å². The zero-order valence-corrected chi connectivity index (χ0v) is 19.0. The van der Waals surface area contributed by atoms with Crippen molar-refractivity contribution in [1.29, 1.82) is 0 Å². The SMILES string of the molecule is C[N+](C)(CCOC(=O)CCCC[C@@H]1CCSS1)COS(=O)(=O)c1ccccc1. The summed E-state index contributed by atoms with van der Waals surface area (Å²) in [5, 5.41) is 0.742. The second kappa shape index (κ2) is 11.4. The van der Waals surface area contributed by atoms with E-state index in [0.717, 1.165) is 18.1 Å². The predicted octanol–water partition coefficient (Wildman–Crippen LogP) is 3.68. The van der Waals surface area contributed by atoms with Gasteiger partial charge in [0.05, 0.1) is 19.0 Å². The topological polar surface area (TPSA) is 69.7 Å². The van der Waals surface area contributed by atoms with Gasteiger partial charge in [0.25, 0.3) is 0 Å². The van der Waals surface area contributed by atoms with Gasteiger partial charge in [0.2, 0.25) is 6.73 Å². The Morgan fingerprint density at radius 3 is 2.64 bits per heavy atom. The van der Waals surface area contributed by atoms with Crippen LogP contribution in [0.4, 0.5) is 0 Å². The lowest BCUT2D eigenvalue weighted by molar-refractivity contribution is -0.905. The zero-order chi connectivity index (χ0) is 20.5. The summed E-state index contributed by atoms with van der Waals surface area (Å²) in [4.78, 5) is 12.0. The van der Waals surface area contributed by atoms with Gasteiger partial charge in [-0.3, -0.25) is 4.79 Å². The van der Waals surface area contributed by atoms with Crippen LogP contribution in [0.25, 0.3) is 0 Å². The summed E-state index contributed by atoms with van der Waals surface area (Å²) in [6.07, 6.45) is 4.80. The molecule has 0 bridgehead atoms. The first kappa shape index (κ1) is 23.5. The van der Waals surface area contributed by atoms with Crippen molar-refractivity contribution in [2.24, 2.45) is 0 Å². The highest BCUT2D eigenvalue weighted by Crippen LogP contribution is 2.39. The summed E-state index contributed by atoms with van der Waals surface area (Å²) in [7, 11) is 3.80. The van der Waals surface area contributed by atoms with E-state index in [2.05, 4.69) is 0 Å². The summed E-state index contributed by atoms with van der Waals surface area (Å²) >= 11 is 0. The minimum atomic E-state index is -3.78. The van der Waals surface area contributed by atoms with E-state index in [0.29, 0.717) is 13.0 Å². The number of hydrogen-bond acceptors (Lipinski definition) is 7. The van der Waals surface area contributed by atoms with Crippen molar-refractivity contribution in [3.05, 3.63) is 30.3 Å². The van der Waals surface area contributed by atoms with Gasteiger partial charge in [-0.15, -0.1) is 0 Å². The molecule has 6 nitrogen and oxygen atoms in total. The third-order valence-corrected chi connectivity index (χ3v) is 8.71. The van der Waals surface area contributed by atoms with E-state index in [1.807, 2.05) is 35.7 Å². The van der Waals surface area contributed by atoms with Crippen molar-refractivity contribution in [2.45, 2.75) is 42.2 Å². The molecule has 1 aromatic carbocycles. The van der Waals surface area contributed by atoms with Gasteiger partial charge in [-0.25, -0.2) is 4.18 Å². The first-order valence-corrected chi connectivity index (χ1v) is 13.3. The normalized spacial score (nSPS) is 17.6. The van der Waals surface area contributed by atoms with Crippen LogP contribution in [-0.4, -0.2) is 63.9 Å². The molecular formula is C19H30NO5S3+. The van der Waals surface area contributed by atoms with Crippen molar-refractivity contribution < 1.29 is 26.6 Å². The van der Waals surface area contributed by atoms with Crippen LogP contribution in [0.15, 0.2) is 35.2 Å². The Kier molecular flexibility index (Phi) is 9.62. The van der Waals surface area contributed by atoms with Gasteiger partial charge < -0.3 is 9.22 Å². The molecule has 9 heteroatoms. The highest BCUT2D eigenvalue weighted by molar-refractivity contribution is 8.77. The molecule has 28 heavy (non-hydrogen) atoms. The number of nitrogens with zero attached hydrogens (tertiary/aromatic N) is 1. The van der Waals surface area contributed by atoms with E-state index in [1.165, 1.54) is 30.7 Å². The quantitative estimate of drug-likeness (QED) is 0.121. The minimum absolute atomic E-state index is 0.0220. The van der Waals surface area contributed by atoms with Gasteiger partial charge in [0, 0.05) is 17.4 Å². The molecule has 1 aromatic rings. The molecule has 0 aromatic heterocycles. The second-order valence-corrected chi connectivity index (χ2v) is 11.9. The summed E-state index contributed by atoms with van der Waals surface area (Å²) < 4.78 is 35.1. The second-order valence-electron chi connectivity index (χ2n) is 7.47. The molecule has 0 saturated carbocycles. The Balaban J connectivity index is 1.60. The molecule has 1 aliphatic heterocycles. The number of esters is 1. The molecule has 0 N–H and O–H groups in total. The number of quaternary nitrogens is 1. The van der Waals surface area contributed by atoms with Crippen LogP contribution >= 0.6 is 21.6 Å². The van der Waals surface area contributed by atoms with Gasteiger partial charge in [-0.05, 0) is 31.4 Å². The molecule has 1 heterocycles. The maximum Gasteiger partial charge on any atom is 0.305 e. The Hall–Kier alpha value is -0.740. The van der Waals surface area contributed by atoms with E-state index in [9.17, 15) is 13.2 Å². The van der Waals surface area contributed by atoms with E-state index >= 15 is 0 Å². The maximum atomic E-state index is 12.2. The molecule has 0 radical (unpaired) electrons. The molecule has 1 fully saturated rings. The highest BCUT2D eigenvalue weighted by atomic mass is 33.1. The van der Waals surface area contributed by atoms with Gasteiger partial charge in [-0.1, -0.05) is 46.2 Å². The Bertz CT molecular complexity index is 704. The van der Waals surface area contributed by atoms with Crippen molar-refractivity contribution in [3.63, 3.8) is 0 Å². The average Bonchev–Trinajstić information content (AvgIpc) is 3.18. The van der Waals surface area contributed by atoms with E-state index in [4.69, 9.17) is 8.92 Å². The van der Waals surface area contributed by atoms with Crippen molar-refractivity contribution in [1.82, 2.24) is 0 Å². The molecule has 0 aliphatic carbocycles. The largest absolute Gasteiger partial charge is 0.460 e. The number of hydrogen-bond donors (Lipinski definition) is 0.